The Bertz CT molecular complexity index is 1100. The molecule has 0 spiro atoms. The second kappa shape index (κ2) is 8.63. The summed E-state index contributed by atoms with van der Waals surface area (Å²) in [6.07, 6.45) is 8.03. The van der Waals surface area contributed by atoms with Gasteiger partial charge in [-0.25, -0.2) is 9.97 Å². The van der Waals surface area contributed by atoms with Crippen LogP contribution in [0.1, 0.15) is 79.9 Å². The number of rotatable bonds is 7. The fourth-order valence-corrected chi connectivity index (χ4v) is 6.45. The zero-order valence-corrected chi connectivity index (χ0v) is 19.2. The standard InChI is InChI=1S/C24H25N3O2S2/c1-25-22(29)16-9-6-14(7-10-16)8-13-18(28)20-21(15-11-12-15)31-24(27-20)23-26-17-4-2-3-5-19(17)30-23/h6-7,9-10,15H,2-5,8,11-13H2,1H3,(H,25,29). The summed E-state index contributed by atoms with van der Waals surface area (Å²) >= 11 is 3.44. The lowest BCUT2D eigenvalue weighted by Crippen LogP contribution is -2.17. The summed E-state index contributed by atoms with van der Waals surface area (Å²) in [7, 11) is 1.62. The van der Waals surface area contributed by atoms with Gasteiger partial charge in [0.15, 0.2) is 15.8 Å². The summed E-state index contributed by atoms with van der Waals surface area (Å²) in [6.45, 7) is 0. The predicted molar refractivity (Wildman–Crippen MR) is 124 cm³/mol. The van der Waals surface area contributed by atoms with Gasteiger partial charge in [0.25, 0.3) is 5.91 Å². The average Bonchev–Trinajstić information content (AvgIpc) is 3.40. The fourth-order valence-electron chi connectivity index (χ4n) is 4.03. The zero-order valence-electron chi connectivity index (χ0n) is 17.6. The van der Waals surface area contributed by atoms with Crippen molar-refractivity contribution in [2.45, 2.75) is 57.3 Å². The molecule has 1 saturated carbocycles. The number of fused-ring (bicyclic) bond motifs is 1. The lowest BCUT2D eigenvalue weighted by atomic mass is 10.0. The zero-order chi connectivity index (χ0) is 21.4. The van der Waals surface area contributed by atoms with Gasteiger partial charge in [-0.15, -0.1) is 22.7 Å². The van der Waals surface area contributed by atoms with Gasteiger partial charge >= 0.3 is 0 Å². The highest BCUT2D eigenvalue weighted by Crippen LogP contribution is 2.47. The van der Waals surface area contributed by atoms with E-state index in [1.54, 1.807) is 41.9 Å². The Balaban J connectivity index is 1.33. The number of carbonyl (C=O) groups is 2. The van der Waals surface area contributed by atoms with Crippen LogP contribution in [-0.2, 0) is 19.3 Å². The Morgan fingerprint density at radius 1 is 1.03 bits per heavy atom. The van der Waals surface area contributed by atoms with Crippen LogP contribution >= 0.6 is 22.7 Å². The van der Waals surface area contributed by atoms with Crippen LogP contribution in [0.3, 0.4) is 0 Å². The smallest absolute Gasteiger partial charge is 0.251 e. The van der Waals surface area contributed by atoms with Gasteiger partial charge in [-0.3, -0.25) is 9.59 Å². The highest BCUT2D eigenvalue weighted by Gasteiger charge is 2.32. The van der Waals surface area contributed by atoms with Gasteiger partial charge in [0.2, 0.25) is 0 Å². The number of thiazole rings is 2. The van der Waals surface area contributed by atoms with E-state index in [2.05, 4.69) is 5.32 Å². The number of ketones is 1. The Morgan fingerprint density at radius 2 is 1.77 bits per heavy atom. The van der Waals surface area contributed by atoms with E-state index in [-0.39, 0.29) is 11.7 Å². The highest BCUT2D eigenvalue weighted by molar-refractivity contribution is 7.21. The predicted octanol–water partition coefficient (Wildman–Crippen LogP) is 5.20. The molecule has 1 amide bonds. The molecule has 0 unspecified atom stereocenters. The summed E-state index contributed by atoms with van der Waals surface area (Å²) < 4.78 is 0. The van der Waals surface area contributed by atoms with Crippen LogP contribution in [0.5, 0.6) is 0 Å². The molecule has 2 aliphatic rings. The second-order valence-corrected chi connectivity index (χ2v) is 10.4. The van der Waals surface area contributed by atoms with Gasteiger partial charge in [0.1, 0.15) is 5.69 Å². The molecule has 1 fully saturated rings. The molecule has 0 aliphatic heterocycles. The highest BCUT2D eigenvalue weighted by atomic mass is 32.1. The number of hydrogen-bond acceptors (Lipinski definition) is 6. The number of nitrogens with one attached hydrogen (secondary N) is 1. The first kappa shape index (κ1) is 20.5. The minimum Gasteiger partial charge on any atom is -0.355 e. The molecular formula is C24H25N3O2S2. The molecule has 31 heavy (non-hydrogen) atoms. The van der Waals surface area contributed by atoms with Gasteiger partial charge < -0.3 is 5.32 Å². The molecule has 5 nitrogen and oxygen atoms in total. The lowest BCUT2D eigenvalue weighted by Gasteiger charge is -2.06. The van der Waals surface area contributed by atoms with Crippen molar-refractivity contribution in [1.29, 1.82) is 0 Å². The van der Waals surface area contributed by atoms with Crippen molar-refractivity contribution in [2.24, 2.45) is 0 Å². The van der Waals surface area contributed by atoms with Crippen molar-refractivity contribution in [3.8, 4) is 10.0 Å². The van der Waals surface area contributed by atoms with E-state index >= 15 is 0 Å². The first-order valence-electron chi connectivity index (χ1n) is 11.0. The molecule has 3 aromatic rings. The molecule has 1 N–H and O–H groups in total. The number of Topliss-reactive ketones (excluding diaryl/α,β-unsaturated/α-hetero) is 1. The van der Waals surface area contributed by atoms with Crippen LogP contribution in [0.15, 0.2) is 24.3 Å². The van der Waals surface area contributed by atoms with Crippen molar-refractivity contribution >= 4 is 34.4 Å². The van der Waals surface area contributed by atoms with Crippen LogP contribution in [-0.4, -0.2) is 28.7 Å². The quantitative estimate of drug-likeness (QED) is 0.501. The van der Waals surface area contributed by atoms with E-state index in [1.807, 2.05) is 12.1 Å². The van der Waals surface area contributed by atoms with Crippen LogP contribution in [0.25, 0.3) is 10.0 Å². The SMILES string of the molecule is CNC(=O)c1ccc(CCC(=O)c2nc(-c3nc4c(s3)CCCC4)sc2C2CC2)cc1. The molecule has 0 atom stereocenters. The maximum Gasteiger partial charge on any atom is 0.251 e. The largest absolute Gasteiger partial charge is 0.355 e. The van der Waals surface area contributed by atoms with E-state index in [4.69, 9.17) is 9.97 Å². The van der Waals surface area contributed by atoms with Crippen molar-refractivity contribution in [2.75, 3.05) is 7.05 Å². The van der Waals surface area contributed by atoms with Gasteiger partial charge in [-0.05, 0) is 68.6 Å². The summed E-state index contributed by atoms with van der Waals surface area (Å²) in [6, 6.07) is 7.46. The molecule has 0 radical (unpaired) electrons. The van der Waals surface area contributed by atoms with Crippen LogP contribution in [0, 0.1) is 0 Å². The monoisotopic (exact) mass is 451 g/mol. The Labute approximate surface area is 190 Å². The molecule has 2 heterocycles. The molecule has 0 saturated heterocycles. The van der Waals surface area contributed by atoms with Crippen molar-refractivity contribution in [3.63, 3.8) is 0 Å². The van der Waals surface area contributed by atoms with Crippen molar-refractivity contribution in [1.82, 2.24) is 15.3 Å². The Hall–Kier alpha value is -2.38. The third-order valence-corrected chi connectivity index (χ3v) is 8.50. The molecule has 0 bridgehead atoms. The molecule has 5 rings (SSSR count). The third kappa shape index (κ3) is 4.34. The summed E-state index contributed by atoms with van der Waals surface area (Å²) in [5.74, 6) is 0.503. The first-order chi connectivity index (χ1) is 15.1. The number of aryl methyl sites for hydroxylation is 3. The van der Waals surface area contributed by atoms with E-state index in [0.29, 0.717) is 30.0 Å². The van der Waals surface area contributed by atoms with E-state index < -0.39 is 0 Å². The van der Waals surface area contributed by atoms with Crippen molar-refractivity contribution in [3.05, 3.63) is 56.5 Å². The maximum atomic E-state index is 13.1. The fraction of sp³-hybridized carbons (Fsp3) is 0.417. The molecular weight excluding hydrogens is 426 g/mol. The average molecular weight is 452 g/mol. The number of hydrogen-bond donors (Lipinski definition) is 1. The minimum atomic E-state index is -0.101. The van der Waals surface area contributed by atoms with E-state index in [1.165, 1.54) is 23.4 Å². The molecule has 7 heteroatoms. The van der Waals surface area contributed by atoms with E-state index in [9.17, 15) is 9.59 Å². The first-order valence-corrected chi connectivity index (χ1v) is 12.6. The van der Waals surface area contributed by atoms with Gasteiger partial charge in [-0.2, -0.15) is 0 Å². The van der Waals surface area contributed by atoms with E-state index in [0.717, 1.165) is 46.1 Å². The normalized spacial score (nSPS) is 15.5. The number of amides is 1. The van der Waals surface area contributed by atoms with Crippen LogP contribution < -0.4 is 5.32 Å². The second-order valence-electron chi connectivity index (χ2n) is 8.30. The number of benzene rings is 1. The molecule has 2 aliphatic carbocycles. The number of aromatic nitrogens is 2. The number of carbonyl (C=O) groups excluding carboxylic acids is 2. The van der Waals surface area contributed by atoms with Gasteiger partial charge in [-0.1, -0.05) is 12.1 Å². The summed E-state index contributed by atoms with van der Waals surface area (Å²) in [5, 5.41) is 4.53. The lowest BCUT2D eigenvalue weighted by molar-refractivity contribution is 0.0959. The van der Waals surface area contributed by atoms with Gasteiger partial charge in [0, 0.05) is 28.8 Å². The topological polar surface area (TPSA) is 72.0 Å². The van der Waals surface area contributed by atoms with Crippen molar-refractivity contribution < 1.29 is 9.59 Å². The Kier molecular flexibility index (Phi) is 5.71. The summed E-state index contributed by atoms with van der Waals surface area (Å²) in [5.41, 5.74) is 3.58. The minimum absolute atomic E-state index is 0.101. The third-order valence-electron chi connectivity index (χ3n) is 5.98. The number of nitrogens with zero attached hydrogens (tertiary/aromatic N) is 2. The Morgan fingerprint density at radius 3 is 2.48 bits per heavy atom. The molecule has 160 valence electrons. The maximum absolute atomic E-state index is 13.1. The molecule has 2 aromatic heterocycles. The molecule has 1 aromatic carbocycles. The van der Waals surface area contributed by atoms with Gasteiger partial charge in [0.05, 0.1) is 5.69 Å². The summed E-state index contributed by atoms with van der Waals surface area (Å²) in [4.78, 5) is 37.0. The van der Waals surface area contributed by atoms with Crippen LogP contribution in [0.4, 0.5) is 0 Å². The van der Waals surface area contributed by atoms with Crippen LogP contribution in [0.2, 0.25) is 0 Å².